The van der Waals surface area contributed by atoms with Gasteiger partial charge in [-0.3, -0.25) is 9.59 Å². The number of hydrogen-bond acceptors (Lipinski definition) is 4. The van der Waals surface area contributed by atoms with Crippen molar-refractivity contribution in [2.24, 2.45) is 23.7 Å². The van der Waals surface area contributed by atoms with Crippen molar-refractivity contribution in [1.29, 1.82) is 0 Å². The first-order valence-corrected chi connectivity index (χ1v) is 8.45. The summed E-state index contributed by atoms with van der Waals surface area (Å²) in [5, 5.41) is 20.0. The summed E-state index contributed by atoms with van der Waals surface area (Å²) >= 11 is 0. The second-order valence-corrected chi connectivity index (χ2v) is 7.79. The van der Waals surface area contributed by atoms with E-state index in [0.717, 1.165) is 0 Å². The van der Waals surface area contributed by atoms with Crippen molar-refractivity contribution in [2.75, 3.05) is 0 Å². The topological polar surface area (TPSA) is 83.8 Å². The van der Waals surface area contributed by atoms with E-state index in [1.165, 1.54) is 0 Å². The van der Waals surface area contributed by atoms with E-state index in [2.05, 4.69) is 0 Å². The van der Waals surface area contributed by atoms with Crippen molar-refractivity contribution < 1.29 is 24.5 Å². The Morgan fingerprint density at radius 2 is 1.22 bits per heavy atom. The number of rotatable bonds is 9. The van der Waals surface area contributed by atoms with Crippen molar-refractivity contribution in [2.45, 2.75) is 79.4 Å². The zero-order chi connectivity index (χ0) is 18.6. The van der Waals surface area contributed by atoms with Gasteiger partial charge >= 0.3 is 11.9 Å². The maximum Gasteiger partial charge on any atom is 0.309 e. The number of carboxylic acids is 1. The number of aliphatic hydroxyl groups is 1. The fourth-order valence-corrected chi connectivity index (χ4v) is 3.14. The first-order chi connectivity index (χ1) is 10.3. The first-order valence-electron chi connectivity index (χ1n) is 8.45. The number of hydrogen-bond donors (Lipinski definition) is 2. The van der Waals surface area contributed by atoms with Gasteiger partial charge in [0.1, 0.15) is 5.60 Å². The molecule has 0 atom stereocenters. The molecule has 0 rings (SSSR count). The van der Waals surface area contributed by atoms with Crippen LogP contribution in [0.2, 0.25) is 0 Å². The SMILES string of the molecule is CC(C)C(O)(CC(=O)OC(CC(=O)O)(C(C)C)C(C)C)C(C)C. The zero-order valence-electron chi connectivity index (χ0n) is 15.8. The molecule has 2 N–H and O–H groups in total. The number of carbonyl (C=O) groups excluding carboxylic acids is 1. The highest BCUT2D eigenvalue weighted by atomic mass is 16.6. The molecule has 0 fully saturated rings. The molecule has 0 bridgehead atoms. The van der Waals surface area contributed by atoms with Crippen molar-refractivity contribution >= 4 is 11.9 Å². The van der Waals surface area contributed by atoms with E-state index in [0.29, 0.717) is 0 Å². The van der Waals surface area contributed by atoms with E-state index in [1.807, 2.05) is 55.4 Å². The van der Waals surface area contributed by atoms with Crippen molar-refractivity contribution in [3.8, 4) is 0 Å². The van der Waals surface area contributed by atoms with Crippen LogP contribution in [-0.4, -0.2) is 33.4 Å². The number of esters is 1. The van der Waals surface area contributed by atoms with Gasteiger partial charge in [-0.05, 0) is 23.7 Å². The van der Waals surface area contributed by atoms with Gasteiger partial charge in [0, 0.05) is 0 Å². The Balaban J connectivity index is 5.44. The summed E-state index contributed by atoms with van der Waals surface area (Å²) in [6, 6.07) is 0. The third kappa shape index (κ3) is 5.20. The zero-order valence-corrected chi connectivity index (χ0v) is 15.8. The molecular weight excluding hydrogens is 296 g/mol. The molecule has 23 heavy (non-hydrogen) atoms. The molecule has 0 aromatic heterocycles. The molecule has 0 saturated carbocycles. The lowest BCUT2D eigenvalue weighted by atomic mass is 9.76. The summed E-state index contributed by atoms with van der Waals surface area (Å²) in [4.78, 5) is 23.8. The van der Waals surface area contributed by atoms with Gasteiger partial charge in [0.25, 0.3) is 0 Å². The largest absolute Gasteiger partial charge is 0.481 e. The summed E-state index contributed by atoms with van der Waals surface area (Å²) in [6.07, 6.45) is -0.376. The quantitative estimate of drug-likeness (QED) is 0.632. The molecule has 5 nitrogen and oxygen atoms in total. The van der Waals surface area contributed by atoms with Gasteiger partial charge in [-0.25, -0.2) is 0 Å². The molecule has 0 aliphatic rings. The van der Waals surface area contributed by atoms with Gasteiger partial charge in [-0.15, -0.1) is 0 Å². The standard InChI is InChI=1S/C18H34O5/c1-11(2)17(22,12(3)4)10-16(21)23-18(13(5)6,14(7)8)9-15(19)20/h11-14,22H,9-10H2,1-8H3,(H,19,20). The van der Waals surface area contributed by atoms with E-state index in [9.17, 15) is 19.8 Å². The summed E-state index contributed by atoms with van der Waals surface area (Å²) in [5.74, 6) is -2.05. The molecule has 0 radical (unpaired) electrons. The minimum atomic E-state index is -1.17. The van der Waals surface area contributed by atoms with Gasteiger partial charge in [0.15, 0.2) is 0 Å². The second-order valence-electron chi connectivity index (χ2n) is 7.79. The van der Waals surface area contributed by atoms with E-state index < -0.39 is 23.1 Å². The predicted molar refractivity (Wildman–Crippen MR) is 90.0 cm³/mol. The van der Waals surface area contributed by atoms with Crippen LogP contribution in [0, 0.1) is 23.7 Å². The van der Waals surface area contributed by atoms with E-state index >= 15 is 0 Å². The highest BCUT2D eigenvalue weighted by molar-refractivity contribution is 5.73. The molecule has 0 aromatic carbocycles. The molecule has 0 spiro atoms. The minimum Gasteiger partial charge on any atom is -0.481 e. The van der Waals surface area contributed by atoms with Crippen molar-refractivity contribution in [3.05, 3.63) is 0 Å². The molecule has 0 amide bonds. The molecular formula is C18H34O5. The third-order valence-electron chi connectivity index (χ3n) is 5.11. The van der Waals surface area contributed by atoms with Gasteiger partial charge in [0.2, 0.25) is 0 Å². The summed E-state index contributed by atoms with van der Waals surface area (Å²) in [5.41, 5.74) is -2.24. The van der Waals surface area contributed by atoms with Gasteiger partial charge < -0.3 is 14.9 Å². The Hall–Kier alpha value is -1.10. The van der Waals surface area contributed by atoms with Crippen LogP contribution < -0.4 is 0 Å². The lowest BCUT2D eigenvalue weighted by molar-refractivity contribution is -0.185. The molecule has 5 heteroatoms. The molecule has 0 aromatic rings. The second kappa shape index (κ2) is 8.13. The van der Waals surface area contributed by atoms with Crippen LogP contribution in [0.25, 0.3) is 0 Å². The third-order valence-corrected chi connectivity index (χ3v) is 5.11. The van der Waals surface area contributed by atoms with Gasteiger partial charge in [-0.2, -0.15) is 0 Å². The van der Waals surface area contributed by atoms with Gasteiger partial charge in [0.05, 0.1) is 18.4 Å². The van der Waals surface area contributed by atoms with Crippen LogP contribution in [0.5, 0.6) is 0 Å². The van der Waals surface area contributed by atoms with Crippen molar-refractivity contribution in [3.63, 3.8) is 0 Å². The van der Waals surface area contributed by atoms with Crippen LogP contribution in [-0.2, 0) is 14.3 Å². The van der Waals surface area contributed by atoms with E-state index in [-0.39, 0.29) is 36.5 Å². The fraction of sp³-hybridized carbons (Fsp3) is 0.889. The summed E-state index contributed by atoms with van der Waals surface area (Å²) < 4.78 is 5.69. The Morgan fingerprint density at radius 3 is 1.48 bits per heavy atom. The van der Waals surface area contributed by atoms with E-state index in [1.54, 1.807) is 0 Å². The molecule has 136 valence electrons. The van der Waals surface area contributed by atoms with Crippen LogP contribution in [0.1, 0.15) is 68.2 Å². The summed E-state index contributed by atoms with van der Waals surface area (Å²) in [6.45, 7) is 14.9. The smallest absolute Gasteiger partial charge is 0.309 e. The number of carboxylic acid groups (broad SMARTS) is 1. The average molecular weight is 330 g/mol. The van der Waals surface area contributed by atoms with Crippen LogP contribution in [0.15, 0.2) is 0 Å². The minimum absolute atomic E-state index is 0.109. The average Bonchev–Trinajstić information content (AvgIpc) is 2.35. The van der Waals surface area contributed by atoms with Crippen LogP contribution >= 0.6 is 0 Å². The highest BCUT2D eigenvalue weighted by Crippen LogP contribution is 2.36. The lowest BCUT2D eigenvalue weighted by Gasteiger charge is -2.41. The maximum absolute atomic E-state index is 12.5. The monoisotopic (exact) mass is 330 g/mol. The Kier molecular flexibility index (Phi) is 7.74. The summed E-state index contributed by atoms with van der Waals surface area (Å²) in [7, 11) is 0. The van der Waals surface area contributed by atoms with Crippen LogP contribution in [0.4, 0.5) is 0 Å². The Morgan fingerprint density at radius 1 is 0.826 bits per heavy atom. The fourth-order valence-electron chi connectivity index (χ4n) is 3.14. The highest BCUT2D eigenvalue weighted by Gasteiger charge is 2.45. The van der Waals surface area contributed by atoms with Gasteiger partial charge in [-0.1, -0.05) is 55.4 Å². The lowest BCUT2D eigenvalue weighted by Crippen LogP contribution is -2.49. The van der Waals surface area contributed by atoms with Crippen LogP contribution in [0.3, 0.4) is 0 Å². The molecule has 0 unspecified atom stereocenters. The Labute approximate surface area is 140 Å². The molecule has 0 saturated heterocycles. The molecule has 0 aliphatic heterocycles. The first kappa shape index (κ1) is 21.9. The predicted octanol–water partition coefficient (Wildman–Crippen LogP) is 3.49. The Bertz CT molecular complexity index is 394. The normalized spacial score (nSPS) is 13.3. The number of carbonyl (C=O) groups is 2. The molecule has 0 aliphatic carbocycles. The number of aliphatic carboxylic acids is 1. The van der Waals surface area contributed by atoms with Crippen molar-refractivity contribution in [1.82, 2.24) is 0 Å². The number of ether oxygens (including phenoxy) is 1. The maximum atomic E-state index is 12.5. The van der Waals surface area contributed by atoms with E-state index in [4.69, 9.17) is 4.74 Å². The molecule has 0 heterocycles.